The van der Waals surface area contributed by atoms with Crippen LogP contribution in [0.15, 0.2) is 33.7 Å². The van der Waals surface area contributed by atoms with Gasteiger partial charge in [-0.1, -0.05) is 0 Å². The summed E-state index contributed by atoms with van der Waals surface area (Å²) in [7, 11) is 1.64. The van der Waals surface area contributed by atoms with Crippen LogP contribution in [-0.4, -0.2) is 14.5 Å². The van der Waals surface area contributed by atoms with E-state index in [-0.39, 0.29) is 0 Å². The number of aryl methyl sites for hydroxylation is 1. The lowest BCUT2D eigenvalue weighted by Crippen LogP contribution is -2.08. The standard InChI is InChI=1S/C12H8N4O2/c1-16-9-4-7(2-3-10(9)18-12(16)17)11-8(5-13)14-6-15-11/h2-4,6H,1H3,(H,14,15). The van der Waals surface area contributed by atoms with Gasteiger partial charge in [0.05, 0.1) is 17.5 Å². The normalized spacial score (nSPS) is 10.7. The summed E-state index contributed by atoms with van der Waals surface area (Å²) < 4.78 is 6.46. The van der Waals surface area contributed by atoms with Gasteiger partial charge in [0.2, 0.25) is 0 Å². The van der Waals surface area contributed by atoms with Crippen LogP contribution in [0.1, 0.15) is 5.69 Å². The minimum atomic E-state index is -0.410. The van der Waals surface area contributed by atoms with E-state index in [0.717, 1.165) is 5.56 Å². The lowest BCUT2D eigenvalue weighted by Gasteiger charge is -1.99. The highest BCUT2D eigenvalue weighted by atomic mass is 16.4. The van der Waals surface area contributed by atoms with E-state index >= 15 is 0 Å². The molecule has 0 aliphatic rings. The van der Waals surface area contributed by atoms with Crippen LogP contribution in [-0.2, 0) is 7.05 Å². The number of nitrogens with zero attached hydrogens (tertiary/aromatic N) is 3. The highest BCUT2D eigenvalue weighted by molar-refractivity contribution is 5.80. The Bertz CT molecular complexity index is 832. The first kappa shape index (κ1) is 10.4. The van der Waals surface area contributed by atoms with Crippen molar-refractivity contribution in [3.63, 3.8) is 0 Å². The van der Waals surface area contributed by atoms with E-state index in [4.69, 9.17) is 9.68 Å². The van der Waals surface area contributed by atoms with Crippen molar-refractivity contribution in [3.8, 4) is 17.3 Å². The van der Waals surface area contributed by atoms with Gasteiger partial charge in [-0.25, -0.2) is 9.78 Å². The molecule has 1 aromatic carbocycles. The lowest BCUT2D eigenvalue weighted by atomic mass is 10.1. The first-order chi connectivity index (χ1) is 8.70. The molecule has 0 radical (unpaired) electrons. The molecule has 0 saturated heterocycles. The number of H-pyrrole nitrogens is 1. The van der Waals surface area contributed by atoms with Gasteiger partial charge in [-0.3, -0.25) is 4.57 Å². The van der Waals surface area contributed by atoms with E-state index in [9.17, 15) is 4.79 Å². The molecule has 6 heteroatoms. The SMILES string of the molecule is Cn1c(=O)oc2ccc(-c3[nH]cnc3C#N)cc21. The number of nitriles is 1. The largest absolute Gasteiger partial charge is 0.419 e. The van der Waals surface area contributed by atoms with Crippen molar-refractivity contribution >= 4 is 11.1 Å². The minimum Gasteiger partial charge on any atom is -0.408 e. The topological polar surface area (TPSA) is 87.6 Å². The Balaban J connectivity index is 2.29. The molecule has 0 bridgehead atoms. The molecule has 0 amide bonds. The van der Waals surface area contributed by atoms with Gasteiger partial charge in [0, 0.05) is 12.6 Å². The number of rotatable bonds is 1. The average Bonchev–Trinajstić information content (AvgIpc) is 2.95. The maximum atomic E-state index is 11.4. The number of aromatic amines is 1. The van der Waals surface area contributed by atoms with Crippen LogP contribution in [0.2, 0.25) is 0 Å². The van der Waals surface area contributed by atoms with Gasteiger partial charge >= 0.3 is 5.76 Å². The van der Waals surface area contributed by atoms with Crippen LogP contribution in [0.4, 0.5) is 0 Å². The predicted octanol–water partition coefficient (Wildman–Crippen LogP) is 1.39. The third kappa shape index (κ3) is 1.34. The molecule has 18 heavy (non-hydrogen) atoms. The van der Waals surface area contributed by atoms with Gasteiger partial charge in [-0.05, 0) is 18.2 Å². The number of hydrogen-bond donors (Lipinski definition) is 1. The van der Waals surface area contributed by atoms with E-state index < -0.39 is 5.76 Å². The smallest absolute Gasteiger partial charge is 0.408 e. The number of hydrogen-bond acceptors (Lipinski definition) is 4. The summed E-state index contributed by atoms with van der Waals surface area (Å²) in [6.45, 7) is 0. The molecule has 0 fully saturated rings. The van der Waals surface area contributed by atoms with E-state index in [1.807, 2.05) is 6.07 Å². The summed E-state index contributed by atoms with van der Waals surface area (Å²) in [5.74, 6) is -0.410. The average molecular weight is 240 g/mol. The Hall–Kier alpha value is -2.81. The van der Waals surface area contributed by atoms with Gasteiger partial charge in [0.25, 0.3) is 0 Å². The minimum absolute atomic E-state index is 0.322. The molecule has 2 aromatic heterocycles. The quantitative estimate of drug-likeness (QED) is 0.696. The summed E-state index contributed by atoms with van der Waals surface area (Å²) >= 11 is 0. The van der Waals surface area contributed by atoms with Crippen molar-refractivity contribution in [2.24, 2.45) is 7.05 Å². The maximum Gasteiger partial charge on any atom is 0.419 e. The molecule has 0 atom stereocenters. The number of imidazole rings is 1. The summed E-state index contributed by atoms with van der Waals surface area (Å²) in [5, 5.41) is 8.93. The molecule has 2 heterocycles. The molecule has 3 aromatic rings. The van der Waals surface area contributed by atoms with Crippen molar-refractivity contribution < 1.29 is 4.42 Å². The highest BCUT2D eigenvalue weighted by Crippen LogP contribution is 2.24. The Morgan fingerprint density at radius 3 is 3.11 bits per heavy atom. The molecular formula is C12H8N4O2. The third-order valence-electron chi connectivity index (χ3n) is 2.83. The van der Waals surface area contributed by atoms with Crippen LogP contribution in [0, 0.1) is 11.3 Å². The van der Waals surface area contributed by atoms with E-state index in [1.54, 1.807) is 25.2 Å². The number of benzene rings is 1. The zero-order valence-corrected chi connectivity index (χ0v) is 9.47. The molecule has 3 rings (SSSR count). The molecule has 0 aliphatic heterocycles. The van der Waals surface area contributed by atoms with Crippen molar-refractivity contribution in [2.75, 3.05) is 0 Å². The Morgan fingerprint density at radius 1 is 1.50 bits per heavy atom. The third-order valence-corrected chi connectivity index (χ3v) is 2.83. The van der Waals surface area contributed by atoms with Crippen LogP contribution < -0.4 is 5.76 Å². The number of aromatic nitrogens is 3. The van der Waals surface area contributed by atoms with Gasteiger partial charge in [-0.15, -0.1) is 0 Å². The van der Waals surface area contributed by atoms with Gasteiger partial charge in [-0.2, -0.15) is 5.26 Å². The fourth-order valence-corrected chi connectivity index (χ4v) is 1.88. The highest BCUT2D eigenvalue weighted by Gasteiger charge is 2.11. The molecule has 0 saturated carbocycles. The maximum absolute atomic E-state index is 11.4. The van der Waals surface area contributed by atoms with Gasteiger partial charge in [0.1, 0.15) is 6.07 Å². The summed E-state index contributed by atoms with van der Waals surface area (Å²) in [6, 6.07) is 7.27. The number of fused-ring (bicyclic) bond motifs is 1. The van der Waals surface area contributed by atoms with E-state index in [0.29, 0.717) is 22.5 Å². The Labute approximate surface area is 101 Å². The number of oxazole rings is 1. The summed E-state index contributed by atoms with van der Waals surface area (Å²) in [6.07, 6.45) is 1.46. The second-order valence-corrected chi connectivity index (χ2v) is 3.85. The van der Waals surface area contributed by atoms with Crippen LogP contribution in [0.5, 0.6) is 0 Å². The molecule has 1 N–H and O–H groups in total. The van der Waals surface area contributed by atoms with Gasteiger partial charge < -0.3 is 9.40 Å². The van der Waals surface area contributed by atoms with Crippen LogP contribution in [0.3, 0.4) is 0 Å². The van der Waals surface area contributed by atoms with Crippen molar-refractivity contribution in [2.45, 2.75) is 0 Å². The summed E-state index contributed by atoms with van der Waals surface area (Å²) in [5.41, 5.74) is 2.93. The number of nitrogens with one attached hydrogen (secondary N) is 1. The van der Waals surface area contributed by atoms with E-state index in [1.165, 1.54) is 10.9 Å². The van der Waals surface area contributed by atoms with Crippen LogP contribution >= 0.6 is 0 Å². The first-order valence-corrected chi connectivity index (χ1v) is 5.24. The van der Waals surface area contributed by atoms with Crippen molar-refractivity contribution in [1.82, 2.24) is 14.5 Å². The van der Waals surface area contributed by atoms with Gasteiger partial charge in [0.15, 0.2) is 11.3 Å². The van der Waals surface area contributed by atoms with E-state index in [2.05, 4.69) is 9.97 Å². The molecule has 0 aliphatic carbocycles. The first-order valence-electron chi connectivity index (χ1n) is 5.24. The summed E-state index contributed by atoms with van der Waals surface area (Å²) in [4.78, 5) is 18.2. The zero-order valence-electron chi connectivity index (χ0n) is 9.47. The second kappa shape index (κ2) is 3.60. The molecule has 0 spiro atoms. The molecule has 0 unspecified atom stereocenters. The molecule has 88 valence electrons. The molecular weight excluding hydrogens is 232 g/mol. The predicted molar refractivity (Wildman–Crippen MR) is 63.8 cm³/mol. The Kier molecular flexibility index (Phi) is 2.07. The van der Waals surface area contributed by atoms with Crippen molar-refractivity contribution in [1.29, 1.82) is 5.26 Å². The second-order valence-electron chi connectivity index (χ2n) is 3.85. The van der Waals surface area contributed by atoms with Crippen molar-refractivity contribution in [3.05, 3.63) is 40.8 Å². The monoisotopic (exact) mass is 240 g/mol. The lowest BCUT2D eigenvalue weighted by molar-refractivity contribution is 0.528. The fourth-order valence-electron chi connectivity index (χ4n) is 1.88. The molecule has 6 nitrogen and oxygen atoms in total. The van der Waals surface area contributed by atoms with Crippen LogP contribution in [0.25, 0.3) is 22.4 Å². The Morgan fingerprint density at radius 2 is 2.33 bits per heavy atom. The zero-order chi connectivity index (χ0) is 12.7. The fraction of sp³-hybridized carbons (Fsp3) is 0.0833.